The van der Waals surface area contributed by atoms with Crippen molar-refractivity contribution in [2.45, 2.75) is 13.8 Å². The van der Waals surface area contributed by atoms with Gasteiger partial charge in [0, 0.05) is 5.39 Å². The van der Waals surface area contributed by atoms with Gasteiger partial charge in [0.15, 0.2) is 5.76 Å². The first kappa shape index (κ1) is 15.2. The molecule has 4 heteroatoms. The van der Waals surface area contributed by atoms with Crippen molar-refractivity contribution < 1.29 is 18.7 Å². The minimum Gasteiger partial charge on any atom is -0.496 e. The van der Waals surface area contributed by atoms with Gasteiger partial charge in [-0.1, -0.05) is 24.3 Å². The lowest BCUT2D eigenvalue weighted by molar-refractivity contribution is 0.0529. The van der Waals surface area contributed by atoms with E-state index in [1.807, 2.05) is 49.4 Å². The van der Waals surface area contributed by atoms with Crippen LogP contribution in [0.25, 0.3) is 22.3 Å². The first-order valence-corrected chi connectivity index (χ1v) is 7.49. The predicted octanol–water partition coefficient (Wildman–Crippen LogP) is 4.59. The third-order valence-corrected chi connectivity index (χ3v) is 3.68. The number of rotatable bonds is 4. The van der Waals surface area contributed by atoms with E-state index in [9.17, 15) is 4.79 Å². The third-order valence-electron chi connectivity index (χ3n) is 3.68. The number of hydrogen-bond donors (Lipinski definition) is 0. The molecule has 4 nitrogen and oxygen atoms in total. The zero-order chi connectivity index (χ0) is 16.4. The highest BCUT2D eigenvalue weighted by atomic mass is 16.5. The molecule has 0 fully saturated rings. The largest absolute Gasteiger partial charge is 0.496 e. The number of para-hydroxylation sites is 1. The van der Waals surface area contributed by atoms with Gasteiger partial charge in [0.1, 0.15) is 16.9 Å². The molecule has 0 aliphatic rings. The average molecular weight is 310 g/mol. The van der Waals surface area contributed by atoms with Crippen LogP contribution < -0.4 is 4.74 Å². The van der Waals surface area contributed by atoms with E-state index in [0.717, 1.165) is 16.5 Å². The number of methoxy groups -OCH3 is 1. The van der Waals surface area contributed by atoms with Crippen LogP contribution in [0.4, 0.5) is 0 Å². The van der Waals surface area contributed by atoms with Crippen LogP contribution in [0.3, 0.4) is 0 Å². The molecule has 2 aromatic carbocycles. The molecule has 0 unspecified atom stereocenters. The van der Waals surface area contributed by atoms with Crippen molar-refractivity contribution in [1.82, 2.24) is 0 Å². The minimum absolute atomic E-state index is 0.308. The van der Waals surface area contributed by atoms with Crippen LogP contribution >= 0.6 is 0 Å². The highest BCUT2D eigenvalue weighted by Gasteiger charge is 2.24. The van der Waals surface area contributed by atoms with E-state index in [0.29, 0.717) is 29.3 Å². The number of ether oxygens (including phenoxy) is 2. The van der Waals surface area contributed by atoms with E-state index in [2.05, 4.69) is 0 Å². The highest BCUT2D eigenvalue weighted by Crippen LogP contribution is 2.39. The van der Waals surface area contributed by atoms with Crippen LogP contribution in [0.15, 0.2) is 46.9 Å². The van der Waals surface area contributed by atoms with Gasteiger partial charge in [0.05, 0.1) is 19.3 Å². The molecule has 1 aromatic heterocycles. The van der Waals surface area contributed by atoms with Crippen molar-refractivity contribution in [1.29, 1.82) is 0 Å². The summed E-state index contributed by atoms with van der Waals surface area (Å²) in [5, 5.41) is 0.739. The fourth-order valence-corrected chi connectivity index (χ4v) is 2.63. The first-order valence-electron chi connectivity index (χ1n) is 7.49. The summed E-state index contributed by atoms with van der Waals surface area (Å²) >= 11 is 0. The molecule has 0 atom stereocenters. The number of aryl methyl sites for hydroxylation is 1. The highest BCUT2D eigenvalue weighted by molar-refractivity contribution is 6.09. The van der Waals surface area contributed by atoms with Gasteiger partial charge in [-0.3, -0.25) is 0 Å². The van der Waals surface area contributed by atoms with E-state index in [-0.39, 0.29) is 0 Å². The molecule has 0 aliphatic heterocycles. The molecule has 0 saturated carbocycles. The van der Waals surface area contributed by atoms with Gasteiger partial charge >= 0.3 is 5.97 Å². The molecule has 0 radical (unpaired) electrons. The van der Waals surface area contributed by atoms with E-state index >= 15 is 0 Å². The normalized spacial score (nSPS) is 10.7. The maximum atomic E-state index is 12.5. The van der Waals surface area contributed by atoms with Crippen LogP contribution in [0, 0.1) is 6.92 Å². The van der Waals surface area contributed by atoms with Gasteiger partial charge < -0.3 is 13.9 Å². The zero-order valence-electron chi connectivity index (χ0n) is 13.4. The standard InChI is InChI=1S/C19H18O4/c1-4-22-19(20)17-13-7-5-6-8-15(13)23-18(17)14-10-9-12(2)11-16(14)21-3/h5-11H,4H2,1-3H3. The molecule has 0 amide bonds. The molecule has 3 aromatic rings. The molecule has 0 aliphatic carbocycles. The Morgan fingerprint density at radius 2 is 1.96 bits per heavy atom. The van der Waals surface area contributed by atoms with E-state index in [1.165, 1.54) is 0 Å². The van der Waals surface area contributed by atoms with Crippen molar-refractivity contribution in [3.8, 4) is 17.1 Å². The summed E-state index contributed by atoms with van der Waals surface area (Å²) in [6.45, 7) is 4.08. The van der Waals surface area contributed by atoms with Gasteiger partial charge in [0.25, 0.3) is 0 Å². The lowest BCUT2D eigenvalue weighted by Gasteiger charge is -2.09. The molecule has 3 rings (SSSR count). The zero-order valence-corrected chi connectivity index (χ0v) is 13.4. The number of hydrogen-bond acceptors (Lipinski definition) is 4. The second kappa shape index (κ2) is 6.16. The van der Waals surface area contributed by atoms with Gasteiger partial charge in [0.2, 0.25) is 0 Å². The van der Waals surface area contributed by atoms with Crippen LogP contribution in [-0.4, -0.2) is 19.7 Å². The summed E-state index contributed by atoms with van der Waals surface area (Å²) in [7, 11) is 1.60. The number of carbonyl (C=O) groups excluding carboxylic acids is 1. The Bertz CT molecular complexity index is 861. The number of furan rings is 1. The minimum atomic E-state index is -0.393. The molecule has 0 bridgehead atoms. The van der Waals surface area contributed by atoms with E-state index < -0.39 is 5.97 Å². The maximum Gasteiger partial charge on any atom is 0.342 e. The van der Waals surface area contributed by atoms with Crippen molar-refractivity contribution in [2.75, 3.05) is 13.7 Å². The molecular formula is C19H18O4. The predicted molar refractivity (Wildman–Crippen MR) is 88.9 cm³/mol. The topological polar surface area (TPSA) is 48.7 Å². The van der Waals surface area contributed by atoms with Crippen LogP contribution in [0.2, 0.25) is 0 Å². The Balaban J connectivity index is 2.29. The van der Waals surface area contributed by atoms with Gasteiger partial charge in [-0.2, -0.15) is 0 Å². The fraction of sp³-hybridized carbons (Fsp3) is 0.211. The Morgan fingerprint density at radius 1 is 1.17 bits per heavy atom. The molecule has 0 spiro atoms. The Kier molecular flexibility index (Phi) is 4.06. The molecule has 0 saturated heterocycles. The first-order chi connectivity index (χ1) is 11.2. The lowest BCUT2D eigenvalue weighted by Crippen LogP contribution is -2.05. The number of benzene rings is 2. The van der Waals surface area contributed by atoms with Crippen molar-refractivity contribution >= 4 is 16.9 Å². The molecule has 23 heavy (non-hydrogen) atoms. The summed E-state index contributed by atoms with van der Waals surface area (Å²) in [6.07, 6.45) is 0. The van der Waals surface area contributed by atoms with Crippen LogP contribution in [0.1, 0.15) is 22.8 Å². The molecular weight excluding hydrogens is 292 g/mol. The van der Waals surface area contributed by atoms with Crippen LogP contribution in [0.5, 0.6) is 5.75 Å². The lowest BCUT2D eigenvalue weighted by atomic mass is 10.0. The van der Waals surface area contributed by atoms with E-state index in [1.54, 1.807) is 14.0 Å². The summed E-state index contributed by atoms with van der Waals surface area (Å²) < 4.78 is 16.6. The van der Waals surface area contributed by atoms with Crippen molar-refractivity contribution in [3.05, 3.63) is 53.6 Å². The Hall–Kier alpha value is -2.75. The molecule has 0 N–H and O–H groups in total. The maximum absolute atomic E-state index is 12.5. The fourth-order valence-electron chi connectivity index (χ4n) is 2.63. The van der Waals surface area contributed by atoms with Gasteiger partial charge in [-0.25, -0.2) is 4.79 Å². The van der Waals surface area contributed by atoms with Gasteiger partial charge in [-0.05, 0) is 37.6 Å². The number of fused-ring (bicyclic) bond motifs is 1. The second-order valence-electron chi connectivity index (χ2n) is 5.23. The molecule has 1 heterocycles. The van der Waals surface area contributed by atoms with Gasteiger partial charge in [-0.15, -0.1) is 0 Å². The number of esters is 1. The van der Waals surface area contributed by atoms with Crippen LogP contribution in [-0.2, 0) is 4.74 Å². The molecule has 118 valence electrons. The second-order valence-corrected chi connectivity index (χ2v) is 5.23. The van der Waals surface area contributed by atoms with Crippen molar-refractivity contribution in [2.24, 2.45) is 0 Å². The Labute approximate surface area is 134 Å². The van der Waals surface area contributed by atoms with E-state index in [4.69, 9.17) is 13.9 Å². The quantitative estimate of drug-likeness (QED) is 0.661. The summed E-state index contributed by atoms with van der Waals surface area (Å²) in [5.74, 6) is 0.742. The monoisotopic (exact) mass is 310 g/mol. The summed E-state index contributed by atoms with van der Waals surface area (Å²) in [4.78, 5) is 12.5. The van der Waals surface area contributed by atoms with Crippen molar-refractivity contribution in [3.63, 3.8) is 0 Å². The Morgan fingerprint density at radius 3 is 2.70 bits per heavy atom. The summed E-state index contributed by atoms with van der Waals surface area (Å²) in [5.41, 5.74) is 2.88. The average Bonchev–Trinajstić information content (AvgIpc) is 2.94. The SMILES string of the molecule is CCOC(=O)c1c(-c2ccc(C)cc2OC)oc2ccccc12. The third kappa shape index (κ3) is 2.68. The smallest absolute Gasteiger partial charge is 0.342 e. The number of carbonyl (C=O) groups is 1. The summed E-state index contributed by atoms with van der Waals surface area (Å²) in [6, 6.07) is 13.2.